The minimum absolute atomic E-state index is 0.000326. The summed E-state index contributed by atoms with van der Waals surface area (Å²) in [6.45, 7) is 9.08. The number of amides is 1. The van der Waals surface area contributed by atoms with Gasteiger partial charge in [0.05, 0.1) is 0 Å². The van der Waals surface area contributed by atoms with Crippen molar-refractivity contribution in [2.45, 2.75) is 13.3 Å². The van der Waals surface area contributed by atoms with Crippen LogP contribution in [0.5, 0.6) is 0 Å². The Balaban J connectivity index is 3.68. The molecule has 0 rings (SSSR count). The summed E-state index contributed by atoms with van der Waals surface area (Å²) in [6.07, 6.45) is 2.93. The third kappa shape index (κ3) is 5.84. The summed E-state index contributed by atoms with van der Waals surface area (Å²) >= 11 is 0. The van der Waals surface area contributed by atoms with Crippen LogP contribution in [0.3, 0.4) is 0 Å². The first kappa shape index (κ1) is 11.6. The first-order chi connectivity index (χ1) is 6.10. The van der Waals surface area contributed by atoms with Gasteiger partial charge in [-0.1, -0.05) is 20.1 Å². The van der Waals surface area contributed by atoms with Crippen LogP contribution in [-0.4, -0.2) is 18.2 Å². The first-order valence-electron chi connectivity index (χ1n) is 4.15. The molecule has 0 aliphatic heterocycles. The average molecular weight is 181 g/mol. The summed E-state index contributed by atoms with van der Waals surface area (Å²) in [5.74, 6) is -0.0762. The monoisotopic (exact) mass is 181 g/mol. The Kier molecular flexibility index (Phi) is 5.52. The molecule has 0 aromatic heterocycles. The van der Waals surface area contributed by atoms with E-state index in [1.165, 1.54) is 12.2 Å². The van der Waals surface area contributed by atoms with Gasteiger partial charge in [-0.05, 0) is 18.1 Å². The molecule has 0 heterocycles. The maximum absolute atomic E-state index is 10.9. The molecule has 0 aliphatic rings. The minimum Gasteiger partial charge on any atom is -0.352 e. The molecule has 1 amide bonds. The highest BCUT2D eigenvalue weighted by molar-refractivity contribution is 5.89. The second-order valence-corrected chi connectivity index (χ2v) is 2.93. The van der Waals surface area contributed by atoms with Crippen molar-refractivity contribution in [3.63, 3.8) is 0 Å². The second-order valence-electron chi connectivity index (χ2n) is 2.93. The molecular formula is C10H15NO2. The van der Waals surface area contributed by atoms with Crippen molar-refractivity contribution >= 4 is 11.7 Å². The number of hydrogen-bond donors (Lipinski definition) is 1. The number of carbonyl (C=O) groups is 2. The molecule has 1 N–H and O–H groups in total. The lowest BCUT2D eigenvalue weighted by Gasteiger charge is -2.08. The topological polar surface area (TPSA) is 46.2 Å². The molecule has 0 saturated carbocycles. The highest BCUT2D eigenvalue weighted by Gasteiger charge is 2.06. The first-order valence-corrected chi connectivity index (χ1v) is 4.15. The highest BCUT2D eigenvalue weighted by Crippen LogP contribution is 2.00. The van der Waals surface area contributed by atoms with Crippen molar-refractivity contribution < 1.29 is 9.59 Å². The minimum atomic E-state index is -0.210. The molecule has 3 heteroatoms. The standard InChI is InChI=1S/C10H15NO2/c1-4-9(12)6-8(3)7-11-10(13)5-2/h4-5,8H,1-2,6-7H2,3H3,(H,11,13). The molecule has 0 aromatic carbocycles. The van der Waals surface area contributed by atoms with Crippen LogP contribution < -0.4 is 5.32 Å². The lowest BCUT2D eigenvalue weighted by molar-refractivity contribution is -0.118. The molecular weight excluding hydrogens is 166 g/mol. The quantitative estimate of drug-likeness (QED) is 0.623. The lowest BCUT2D eigenvalue weighted by Crippen LogP contribution is -2.27. The van der Waals surface area contributed by atoms with Gasteiger partial charge in [0.15, 0.2) is 5.78 Å². The number of allylic oxidation sites excluding steroid dienone is 1. The van der Waals surface area contributed by atoms with E-state index < -0.39 is 0 Å². The summed E-state index contributed by atoms with van der Waals surface area (Å²) in [5, 5.41) is 2.62. The third-order valence-electron chi connectivity index (χ3n) is 1.59. The molecule has 0 fully saturated rings. The Hall–Kier alpha value is -1.38. The normalized spacial score (nSPS) is 11.5. The molecule has 13 heavy (non-hydrogen) atoms. The van der Waals surface area contributed by atoms with E-state index in [1.54, 1.807) is 0 Å². The third-order valence-corrected chi connectivity index (χ3v) is 1.59. The number of hydrogen-bond acceptors (Lipinski definition) is 2. The fourth-order valence-electron chi connectivity index (χ4n) is 0.846. The van der Waals surface area contributed by atoms with Crippen LogP contribution in [0.1, 0.15) is 13.3 Å². The fraction of sp³-hybridized carbons (Fsp3) is 0.400. The van der Waals surface area contributed by atoms with Crippen LogP contribution in [0.15, 0.2) is 25.3 Å². The van der Waals surface area contributed by atoms with E-state index in [0.717, 1.165) is 0 Å². The zero-order valence-corrected chi connectivity index (χ0v) is 7.88. The van der Waals surface area contributed by atoms with Crippen molar-refractivity contribution in [1.29, 1.82) is 0 Å². The van der Waals surface area contributed by atoms with Gasteiger partial charge in [-0.25, -0.2) is 0 Å². The van der Waals surface area contributed by atoms with Crippen molar-refractivity contribution in [3.05, 3.63) is 25.3 Å². The Morgan fingerprint density at radius 2 is 2.00 bits per heavy atom. The van der Waals surface area contributed by atoms with Gasteiger partial charge in [-0.15, -0.1) is 0 Å². The Labute approximate surface area is 78.5 Å². The van der Waals surface area contributed by atoms with E-state index >= 15 is 0 Å². The van der Waals surface area contributed by atoms with Gasteiger partial charge in [0.25, 0.3) is 0 Å². The lowest BCUT2D eigenvalue weighted by atomic mass is 10.1. The summed E-state index contributed by atoms with van der Waals surface area (Å²) < 4.78 is 0. The van der Waals surface area contributed by atoms with Gasteiger partial charge in [-0.3, -0.25) is 9.59 Å². The van der Waals surface area contributed by atoms with Gasteiger partial charge in [0.2, 0.25) is 5.91 Å². The smallest absolute Gasteiger partial charge is 0.243 e. The number of rotatable bonds is 6. The fourth-order valence-corrected chi connectivity index (χ4v) is 0.846. The number of carbonyl (C=O) groups excluding carboxylic acids is 2. The van der Waals surface area contributed by atoms with Crippen LogP contribution >= 0.6 is 0 Å². The Morgan fingerprint density at radius 1 is 1.38 bits per heavy atom. The molecule has 0 spiro atoms. The van der Waals surface area contributed by atoms with Crippen LogP contribution in [-0.2, 0) is 9.59 Å². The molecule has 1 unspecified atom stereocenters. The maximum atomic E-state index is 10.9. The highest BCUT2D eigenvalue weighted by atomic mass is 16.1. The molecule has 0 bridgehead atoms. The molecule has 72 valence electrons. The molecule has 0 radical (unpaired) electrons. The maximum Gasteiger partial charge on any atom is 0.243 e. The van der Waals surface area contributed by atoms with Crippen LogP contribution in [0, 0.1) is 5.92 Å². The van der Waals surface area contributed by atoms with Gasteiger partial charge in [0, 0.05) is 13.0 Å². The predicted molar refractivity (Wildman–Crippen MR) is 52.2 cm³/mol. The molecule has 0 saturated heterocycles. The van der Waals surface area contributed by atoms with E-state index in [0.29, 0.717) is 13.0 Å². The van der Waals surface area contributed by atoms with E-state index in [2.05, 4.69) is 18.5 Å². The Morgan fingerprint density at radius 3 is 2.46 bits per heavy atom. The second kappa shape index (κ2) is 6.17. The van der Waals surface area contributed by atoms with Crippen molar-refractivity contribution in [1.82, 2.24) is 5.32 Å². The van der Waals surface area contributed by atoms with E-state index in [4.69, 9.17) is 0 Å². The predicted octanol–water partition coefficient (Wildman–Crippen LogP) is 1.07. The number of ketones is 1. The average Bonchev–Trinajstić information content (AvgIpc) is 2.13. The van der Waals surface area contributed by atoms with E-state index in [1.807, 2.05) is 6.92 Å². The SMILES string of the molecule is C=CC(=O)CC(C)CNC(=O)C=C. The van der Waals surface area contributed by atoms with Crippen molar-refractivity contribution in [2.24, 2.45) is 5.92 Å². The molecule has 0 aliphatic carbocycles. The number of nitrogens with one attached hydrogen (secondary N) is 1. The van der Waals surface area contributed by atoms with Gasteiger partial charge in [-0.2, -0.15) is 0 Å². The van der Waals surface area contributed by atoms with Crippen LogP contribution in [0.25, 0.3) is 0 Å². The van der Waals surface area contributed by atoms with Gasteiger partial charge < -0.3 is 5.32 Å². The van der Waals surface area contributed by atoms with Crippen LogP contribution in [0.4, 0.5) is 0 Å². The van der Waals surface area contributed by atoms with E-state index in [9.17, 15) is 9.59 Å². The summed E-state index contributed by atoms with van der Waals surface area (Å²) in [4.78, 5) is 21.6. The van der Waals surface area contributed by atoms with Crippen LogP contribution in [0.2, 0.25) is 0 Å². The van der Waals surface area contributed by atoms with Gasteiger partial charge in [0.1, 0.15) is 0 Å². The largest absolute Gasteiger partial charge is 0.352 e. The zero-order valence-electron chi connectivity index (χ0n) is 7.88. The van der Waals surface area contributed by atoms with Crippen molar-refractivity contribution in [2.75, 3.05) is 6.54 Å². The summed E-state index contributed by atoms with van der Waals surface area (Å²) in [6, 6.07) is 0. The van der Waals surface area contributed by atoms with Gasteiger partial charge >= 0.3 is 0 Å². The zero-order chi connectivity index (χ0) is 10.3. The van der Waals surface area contributed by atoms with Crippen molar-refractivity contribution in [3.8, 4) is 0 Å². The molecule has 1 atom stereocenters. The molecule has 0 aromatic rings. The summed E-state index contributed by atoms with van der Waals surface area (Å²) in [7, 11) is 0. The Bertz CT molecular complexity index is 221. The van der Waals surface area contributed by atoms with E-state index in [-0.39, 0.29) is 17.6 Å². The summed E-state index contributed by atoms with van der Waals surface area (Å²) in [5.41, 5.74) is 0. The molecule has 3 nitrogen and oxygen atoms in total.